The van der Waals surface area contributed by atoms with Crippen LogP contribution in [0.4, 0.5) is 5.69 Å². The molecule has 0 heterocycles. The highest BCUT2D eigenvalue weighted by Gasteiger charge is 2.08. The minimum Gasteiger partial charge on any atom is -0.289 e. The van der Waals surface area contributed by atoms with Gasteiger partial charge in [-0.1, -0.05) is 24.3 Å². The lowest BCUT2D eigenvalue weighted by Crippen LogP contribution is -2.00. The van der Waals surface area contributed by atoms with Crippen molar-refractivity contribution in [3.8, 4) is 6.07 Å². The number of ketones is 1. The highest BCUT2D eigenvalue weighted by Crippen LogP contribution is 2.16. The molecule has 3 heteroatoms. The van der Waals surface area contributed by atoms with Crippen LogP contribution in [-0.2, 0) is 0 Å². The van der Waals surface area contributed by atoms with Crippen LogP contribution in [0.15, 0.2) is 48.5 Å². The molecule has 0 bridgehead atoms. The third-order valence-corrected chi connectivity index (χ3v) is 2.53. The van der Waals surface area contributed by atoms with Gasteiger partial charge in [-0.3, -0.25) is 4.79 Å². The third kappa shape index (κ3) is 2.26. The van der Waals surface area contributed by atoms with Crippen molar-refractivity contribution in [1.82, 2.24) is 0 Å². The first-order valence-corrected chi connectivity index (χ1v) is 5.27. The lowest BCUT2D eigenvalue weighted by molar-refractivity contribution is 0.103. The van der Waals surface area contributed by atoms with Gasteiger partial charge in [-0.05, 0) is 24.3 Å². The van der Waals surface area contributed by atoms with Gasteiger partial charge >= 0.3 is 0 Å². The van der Waals surface area contributed by atoms with Gasteiger partial charge in [0.05, 0.1) is 18.2 Å². The monoisotopic (exact) mass is 232 g/mol. The number of rotatable bonds is 2. The van der Waals surface area contributed by atoms with Gasteiger partial charge in [0.25, 0.3) is 0 Å². The molecule has 0 aromatic heterocycles. The second-order valence-corrected chi connectivity index (χ2v) is 3.68. The van der Waals surface area contributed by atoms with Gasteiger partial charge in [0.2, 0.25) is 0 Å². The van der Waals surface area contributed by atoms with Gasteiger partial charge in [-0.25, -0.2) is 4.85 Å². The molecular formula is C15H8N2O. The smallest absolute Gasteiger partial charge is 0.192 e. The van der Waals surface area contributed by atoms with Gasteiger partial charge in [0.1, 0.15) is 0 Å². The minimum atomic E-state index is -0.115. The van der Waals surface area contributed by atoms with Crippen molar-refractivity contribution in [2.24, 2.45) is 0 Å². The average molecular weight is 232 g/mol. The summed E-state index contributed by atoms with van der Waals surface area (Å²) >= 11 is 0. The first kappa shape index (κ1) is 11.6. The van der Waals surface area contributed by atoms with Gasteiger partial charge in [0.15, 0.2) is 11.5 Å². The van der Waals surface area contributed by atoms with Crippen molar-refractivity contribution in [2.45, 2.75) is 0 Å². The van der Waals surface area contributed by atoms with Crippen LogP contribution in [0.3, 0.4) is 0 Å². The van der Waals surface area contributed by atoms with Gasteiger partial charge in [-0.15, -0.1) is 0 Å². The molecule has 0 atom stereocenters. The highest BCUT2D eigenvalue weighted by atomic mass is 16.1. The molecule has 18 heavy (non-hydrogen) atoms. The van der Waals surface area contributed by atoms with Crippen LogP contribution in [-0.4, -0.2) is 5.78 Å². The molecule has 0 aliphatic carbocycles. The molecule has 0 spiro atoms. The maximum atomic E-state index is 12.1. The Bertz CT molecular complexity index is 596. The first-order valence-electron chi connectivity index (χ1n) is 5.27. The van der Waals surface area contributed by atoms with E-state index in [9.17, 15) is 4.79 Å². The topological polar surface area (TPSA) is 45.2 Å². The highest BCUT2D eigenvalue weighted by molar-refractivity contribution is 6.09. The summed E-state index contributed by atoms with van der Waals surface area (Å²) in [5.74, 6) is -0.115. The van der Waals surface area contributed by atoms with E-state index in [4.69, 9.17) is 11.8 Å². The summed E-state index contributed by atoms with van der Waals surface area (Å²) in [7, 11) is 0. The number of carbonyl (C=O) groups excluding carboxylic acids is 1. The van der Waals surface area contributed by atoms with E-state index in [1.54, 1.807) is 48.5 Å². The Morgan fingerprint density at radius 1 is 1.00 bits per heavy atom. The maximum absolute atomic E-state index is 12.1. The van der Waals surface area contributed by atoms with E-state index >= 15 is 0 Å². The molecule has 84 valence electrons. The Morgan fingerprint density at radius 2 is 1.50 bits per heavy atom. The number of benzene rings is 2. The molecule has 0 N–H and O–H groups in total. The average Bonchev–Trinajstić information content (AvgIpc) is 2.47. The summed E-state index contributed by atoms with van der Waals surface area (Å²) in [6.07, 6.45) is 0. The van der Waals surface area contributed by atoms with Crippen LogP contribution in [0.1, 0.15) is 21.5 Å². The summed E-state index contributed by atoms with van der Waals surface area (Å²) in [6, 6.07) is 15.0. The Kier molecular flexibility index (Phi) is 3.18. The SMILES string of the molecule is [C-]#[N+]c1ccc(C(=O)c2ccc(C#N)cc2)cc1. The van der Waals surface area contributed by atoms with Crippen molar-refractivity contribution in [3.63, 3.8) is 0 Å². The predicted molar refractivity (Wildman–Crippen MR) is 67.3 cm³/mol. The predicted octanol–water partition coefficient (Wildman–Crippen LogP) is 3.34. The van der Waals surface area contributed by atoms with Crippen LogP contribution >= 0.6 is 0 Å². The fourth-order valence-corrected chi connectivity index (χ4v) is 1.55. The lowest BCUT2D eigenvalue weighted by Gasteiger charge is -2.01. The van der Waals surface area contributed by atoms with Gasteiger partial charge < -0.3 is 0 Å². The zero-order chi connectivity index (χ0) is 13.0. The molecule has 0 fully saturated rings. The summed E-state index contributed by atoms with van der Waals surface area (Å²) in [5, 5.41) is 8.68. The number of nitriles is 1. The number of hydrogen-bond acceptors (Lipinski definition) is 2. The quantitative estimate of drug-likeness (QED) is 0.588. The van der Waals surface area contributed by atoms with Crippen LogP contribution in [0, 0.1) is 17.9 Å². The Balaban J connectivity index is 2.30. The fraction of sp³-hybridized carbons (Fsp3) is 0. The summed E-state index contributed by atoms with van der Waals surface area (Å²) in [6.45, 7) is 6.84. The standard InChI is InChI=1S/C15H8N2O/c1-17-14-8-6-13(7-9-14)15(18)12-4-2-11(10-16)3-5-12/h2-9H. The normalized spacial score (nSPS) is 9.22. The van der Waals surface area contributed by atoms with Crippen molar-refractivity contribution >= 4 is 11.5 Å². The van der Waals surface area contributed by atoms with Crippen molar-refractivity contribution in [1.29, 1.82) is 5.26 Å². The maximum Gasteiger partial charge on any atom is 0.192 e. The van der Waals surface area contributed by atoms with E-state index in [-0.39, 0.29) is 5.78 Å². The zero-order valence-corrected chi connectivity index (χ0v) is 9.42. The molecule has 0 saturated carbocycles. The van der Waals surface area contributed by atoms with Crippen LogP contribution in [0.5, 0.6) is 0 Å². The van der Waals surface area contributed by atoms with E-state index in [0.717, 1.165) is 0 Å². The molecule has 0 aliphatic rings. The Hall–Kier alpha value is -2.91. The van der Waals surface area contributed by atoms with E-state index < -0.39 is 0 Å². The van der Waals surface area contributed by atoms with E-state index in [2.05, 4.69) is 4.85 Å². The second kappa shape index (κ2) is 4.95. The van der Waals surface area contributed by atoms with Gasteiger partial charge in [-0.2, -0.15) is 5.26 Å². The largest absolute Gasteiger partial charge is 0.289 e. The zero-order valence-electron chi connectivity index (χ0n) is 9.42. The molecular weight excluding hydrogens is 224 g/mol. The Labute approximate surface area is 105 Å². The van der Waals surface area contributed by atoms with E-state index in [0.29, 0.717) is 22.4 Å². The van der Waals surface area contributed by atoms with Crippen molar-refractivity contribution in [3.05, 3.63) is 76.6 Å². The van der Waals surface area contributed by atoms with Crippen molar-refractivity contribution < 1.29 is 4.79 Å². The summed E-state index contributed by atoms with van der Waals surface area (Å²) in [5.41, 5.74) is 2.10. The van der Waals surface area contributed by atoms with Crippen LogP contribution < -0.4 is 0 Å². The summed E-state index contributed by atoms with van der Waals surface area (Å²) < 4.78 is 0. The van der Waals surface area contributed by atoms with Crippen LogP contribution in [0.25, 0.3) is 4.85 Å². The van der Waals surface area contributed by atoms with Crippen molar-refractivity contribution in [2.75, 3.05) is 0 Å². The molecule has 0 radical (unpaired) electrons. The minimum absolute atomic E-state index is 0.115. The molecule has 3 nitrogen and oxygen atoms in total. The molecule has 0 amide bonds. The molecule has 0 unspecified atom stereocenters. The number of nitrogens with zero attached hydrogens (tertiary/aromatic N) is 2. The molecule has 2 aromatic carbocycles. The fourth-order valence-electron chi connectivity index (χ4n) is 1.55. The van der Waals surface area contributed by atoms with E-state index in [1.807, 2.05) is 6.07 Å². The number of carbonyl (C=O) groups is 1. The molecule has 0 saturated heterocycles. The van der Waals surface area contributed by atoms with E-state index in [1.165, 1.54) is 0 Å². The molecule has 0 aliphatic heterocycles. The Morgan fingerprint density at radius 3 is 1.94 bits per heavy atom. The lowest BCUT2D eigenvalue weighted by atomic mass is 10.0. The molecule has 2 rings (SSSR count). The van der Waals surface area contributed by atoms with Gasteiger partial charge in [0, 0.05) is 11.1 Å². The third-order valence-electron chi connectivity index (χ3n) is 2.53. The number of hydrogen-bond donors (Lipinski definition) is 0. The second-order valence-electron chi connectivity index (χ2n) is 3.68. The molecule has 2 aromatic rings. The first-order chi connectivity index (χ1) is 8.74. The van der Waals surface area contributed by atoms with Crippen LogP contribution in [0.2, 0.25) is 0 Å². The summed E-state index contributed by atoms with van der Waals surface area (Å²) in [4.78, 5) is 15.4.